The molecule has 0 atom stereocenters. The van der Waals surface area contributed by atoms with Gasteiger partial charge in [0, 0.05) is 13.1 Å². The topological polar surface area (TPSA) is 72.3 Å². The van der Waals surface area contributed by atoms with Gasteiger partial charge in [-0.25, -0.2) is 4.79 Å². The number of primary amides is 1. The van der Waals surface area contributed by atoms with E-state index in [0.717, 1.165) is 18.4 Å². The molecule has 0 aliphatic heterocycles. The molecular weight excluding hydrogens is 214 g/mol. The summed E-state index contributed by atoms with van der Waals surface area (Å²) in [6.45, 7) is 1.80. The molecule has 4 N–H and O–H groups in total. The van der Waals surface area contributed by atoms with Crippen LogP contribution in [0.5, 0.6) is 0 Å². The predicted molar refractivity (Wildman–Crippen MR) is 69.0 cm³/mol. The first-order valence-electron chi connectivity index (χ1n) is 5.84. The fourth-order valence-corrected chi connectivity index (χ4v) is 1.55. The number of nitrogens with zero attached hydrogens (tertiary/aromatic N) is 1. The Kier molecular flexibility index (Phi) is 6.10. The third kappa shape index (κ3) is 5.36. The van der Waals surface area contributed by atoms with Crippen molar-refractivity contribution in [1.82, 2.24) is 4.90 Å². The minimum Gasteiger partial charge on any atom is -0.351 e. The molecule has 0 saturated heterocycles. The number of carbonyl (C=O) groups is 1. The summed E-state index contributed by atoms with van der Waals surface area (Å²) in [7, 11) is 0. The van der Waals surface area contributed by atoms with Crippen molar-refractivity contribution in [3.05, 3.63) is 42.3 Å². The fourth-order valence-electron chi connectivity index (χ4n) is 1.55. The molecule has 4 nitrogen and oxygen atoms in total. The summed E-state index contributed by atoms with van der Waals surface area (Å²) in [5.74, 6) is 0. The lowest BCUT2D eigenvalue weighted by atomic mass is 10.2. The SMILES string of the molecule is NCCC[CH]CN(Cc1ccccc1)C(N)=O. The van der Waals surface area contributed by atoms with Gasteiger partial charge in [-0.05, 0) is 31.4 Å². The van der Waals surface area contributed by atoms with Crippen LogP contribution in [0.3, 0.4) is 0 Å². The first kappa shape index (κ1) is 13.5. The summed E-state index contributed by atoms with van der Waals surface area (Å²) in [5.41, 5.74) is 11.8. The number of nitrogens with two attached hydrogens (primary N) is 2. The third-order valence-corrected chi connectivity index (χ3v) is 2.49. The van der Waals surface area contributed by atoms with Crippen LogP contribution in [0.25, 0.3) is 0 Å². The number of amides is 2. The van der Waals surface area contributed by atoms with Gasteiger partial charge in [0.05, 0.1) is 0 Å². The van der Waals surface area contributed by atoms with Crippen molar-refractivity contribution in [2.45, 2.75) is 19.4 Å². The maximum Gasteiger partial charge on any atom is 0.315 e. The van der Waals surface area contributed by atoms with Crippen LogP contribution in [0.4, 0.5) is 4.79 Å². The van der Waals surface area contributed by atoms with Gasteiger partial charge in [-0.1, -0.05) is 30.3 Å². The molecule has 0 fully saturated rings. The van der Waals surface area contributed by atoms with Crippen LogP contribution in [0, 0.1) is 6.42 Å². The fraction of sp³-hybridized carbons (Fsp3) is 0.385. The van der Waals surface area contributed by atoms with Crippen LogP contribution in [0.1, 0.15) is 18.4 Å². The van der Waals surface area contributed by atoms with Gasteiger partial charge in [0.15, 0.2) is 0 Å². The number of hydrogen-bond acceptors (Lipinski definition) is 2. The Hall–Kier alpha value is -1.55. The van der Waals surface area contributed by atoms with Gasteiger partial charge in [0.1, 0.15) is 0 Å². The van der Waals surface area contributed by atoms with Crippen molar-refractivity contribution in [2.24, 2.45) is 11.5 Å². The predicted octanol–water partition coefficient (Wildman–Crippen LogP) is 1.51. The van der Waals surface area contributed by atoms with Crippen molar-refractivity contribution < 1.29 is 4.79 Å². The van der Waals surface area contributed by atoms with Crippen LogP contribution in [0.15, 0.2) is 30.3 Å². The van der Waals surface area contributed by atoms with Crippen molar-refractivity contribution in [3.63, 3.8) is 0 Å². The molecule has 0 aliphatic carbocycles. The van der Waals surface area contributed by atoms with Crippen LogP contribution >= 0.6 is 0 Å². The van der Waals surface area contributed by atoms with Gasteiger partial charge in [-0.15, -0.1) is 0 Å². The molecule has 2 amide bonds. The van der Waals surface area contributed by atoms with Gasteiger partial charge in [0.25, 0.3) is 0 Å². The van der Waals surface area contributed by atoms with E-state index in [1.807, 2.05) is 36.8 Å². The van der Waals surface area contributed by atoms with E-state index in [1.165, 1.54) is 0 Å². The minimum absolute atomic E-state index is 0.391. The van der Waals surface area contributed by atoms with Gasteiger partial charge >= 0.3 is 6.03 Å². The van der Waals surface area contributed by atoms with Crippen molar-refractivity contribution in [2.75, 3.05) is 13.1 Å². The van der Waals surface area contributed by atoms with Gasteiger partial charge in [-0.2, -0.15) is 0 Å². The highest BCUT2D eigenvalue weighted by Crippen LogP contribution is 2.05. The second-order valence-corrected chi connectivity index (χ2v) is 3.92. The maximum absolute atomic E-state index is 11.3. The van der Waals surface area contributed by atoms with E-state index in [1.54, 1.807) is 4.90 Å². The van der Waals surface area contributed by atoms with Crippen LogP contribution in [-0.4, -0.2) is 24.0 Å². The number of rotatable bonds is 7. The Morgan fingerprint density at radius 3 is 2.59 bits per heavy atom. The zero-order valence-electron chi connectivity index (χ0n) is 10.0. The quantitative estimate of drug-likeness (QED) is 0.702. The van der Waals surface area contributed by atoms with Crippen molar-refractivity contribution in [1.29, 1.82) is 0 Å². The molecule has 1 rings (SSSR count). The molecule has 0 aliphatic rings. The molecule has 1 aromatic rings. The average molecular weight is 234 g/mol. The number of hydrogen-bond donors (Lipinski definition) is 2. The Labute approximate surface area is 103 Å². The Balaban J connectivity index is 2.41. The Morgan fingerprint density at radius 2 is 2.00 bits per heavy atom. The van der Waals surface area contributed by atoms with E-state index in [4.69, 9.17) is 11.5 Å². The molecule has 0 unspecified atom stereocenters. The molecule has 4 heteroatoms. The normalized spacial score (nSPS) is 10.2. The molecule has 1 aromatic carbocycles. The summed E-state index contributed by atoms with van der Waals surface area (Å²) < 4.78 is 0. The largest absolute Gasteiger partial charge is 0.351 e. The lowest BCUT2D eigenvalue weighted by Gasteiger charge is -2.20. The van der Waals surface area contributed by atoms with Gasteiger partial charge in [0.2, 0.25) is 0 Å². The number of urea groups is 1. The molecule has 0 aromatic heterocycles. The molecule has 0 bridgehead atoms. The lowest BCUT2D eigenvalue weighted by molar-refractivity contribution is 0.209. The monoisotopic (exact) mass is 234 g/mol. The summed E-state index contributed by atoms with van der Waals surface area (Å²) in [6.07, 6.45) is 3.90. The zero-order chi connectivity index (χ0) is 12.5. The standard InChI is InChI=1S/C13H20N3O/c14-9-5-2-6-10-16(13(15)17)11-12-7-3-1-4-8-12/h1,3-4,6-8H,2,5,9-11,14H2,(H2,15,17). The number of benzene rings is 1. The summed E-state index contributed by atoms with van der Waals surface area (Å²) in [4.78, 5) is 12.9. The first-order valence-corrected chi connectivity index (χ1v) is 5.84. The second-order valence-electron chi connectivity index (χ2n) is 3.92. The summed E-state index contributed by atoms with van der Waals surface area (Å²) in [6, 6.07) is 9.43. The van der Waals surface area contributed by atoms with E-state index in [2.05, 4.69) is 0 Å². The van der Waals surface area contributed by atoms with Crippen LogP contribution in [0.2, 0.25) is 0 Å². The minimum atomic E-state index is -0.391. The maximum atomic E-state index is 11.3. The van der Waals surface area contributed by atoms with Crippen LogP contribution in [-0.2, 0) is 6.54 Å². The van der Waals surface area contributed by atoms with E-state index in [9.17, 15) is 4.79 Å². The highest BCUT2D eigenvalue weighted by molar-refractivity contribution is 5.72. The third-order valence-electron chi connectivity index (χ3n) is 2.49. The molecular formula is C13H20N3O. The van der Waals surface area contributed by atoms with E-state index >= 15 is 0 Å². The van der Waals surface area contributed by atoms with Gasteiger partial charge in [-0.3, -0.25) is 0 Å². The number of unbranched alkanes of at least 4 members (excludes halogenated alkanes) is 2. The van der Waals surface area contributed by atoms with E-state index in [0.29, 0.717) is 19.6 Å². The van der Waals surface area contributed by atoms with Crippen molar-refractivity contribution >= 4 is 6.03 Å². The summed E-state index contributed by atoms with van der Waals surface area (Å²) >= 11 is 0. The molecule has 0 spiro atoms. The van der Waals surface area contributed by atoms with Crippen molar-refractivity contribution in [3.8, 4) is 0 Å². The Morgan fingerprint density at radius 1 is 1.29 bits per heavy atom. The highest BCUT2D eigenvalue weighted by atomic mass is 16.2. The molecule has 0 saturated carbocycles. The molecule has 1 radical (unpaired) electrons. The smallest absolute Gasteiger partial charge is 0.315 e. The van der Waals surface area contributed by atoms with Crippen LogP contribution < -0.4 is 11.5 Å². The lowest BCUT2D eigenvalue weighted by Crippen LogP contribution is -2.36. The first-order chi connectivity index (χ1) is 8.24. The summed E-state index contributed by atoms with van der Waals surface area (Å²) in [5, 5.41) is 0. The molecule has 0 heterocycles. The molecule has 93 valence electrons. The average Bonchev–Trinajstić information content (AvgIpc) is 2.34. The Bertz CT molecular complexity index is 327. The number of carbonyl (C=O) groups excluding carboxylic acids is 1. The second kappa shape index (κ2) is 7.68. The van der Waals surface area contributed by atoms with E-state index in [-0.39, 0.29) is 0 Å². The van der Waals surface area contributed by atoms with E-state index < -0.39 is 6.03 Å². The zero-order valence-corrected chi connectivity index (χ0v) is 10.0. The van der Waals surface area contributed by atoms with Gasteiger partial charge < -0.3 is 16.4 Å². The molecule has 17 heavy (non-hydrogen) atoms. The highest BCUT2D eigenvalue weighted by Gasteiger charge is 2.09.